The molecule has 0 fully saturated rings. The SMILES string of the molecule is CCC(=O)CC(NC(=O)Nc1cccc(OC)c1)C(=O)O. The number of methoxy groups -OCH3 is 1. The Kier molecular flexibility index (Phi) is 6.19. The van der Waals surface area contributed by atoms with Gasteiger partial charge in [0.25, 0.3) is 0 Å². The monoisotopic (exact) mass is 294 g/mol. The summed E-state index contributed by atoms with van der Waals surface area (Å²) in [5.74, 6) is -0.926. The molecule has 1 atom stereocenters. The second kappa shape index (κ2) is 7.88. The molecule has 7 nitrogen and oxygen atoms in total. The van der Waals surface area contributed by atoms with E-state index in [0.717, 1.165) is 0 Å². The van der Waals surface area contributed by atoms with Crippen LogP contribution in [0.3, 0.4) is 0 Å². The molecule has 3 N–H and O–H groups in total. The van der Waals surface area contributed by atoms with Gasteiger partial charge in [0.2, 0.25) is 0 Å². The van der Waals surface area contributed by atoms with Gasteiger partial charge in [0.15, 0.2) is 0 Å². The number of carboxylic acids is 1. The van der Waals surface area contributed by atoms with Crippen molar-refractivity contribution in [3.05, 3.63) is 24.3 Å². The molecule has 0 aliphatic heterocycles. The Morgan fingerprint density at radius 3 is 2.62 bits per heavy atom. The average Bonchev–Trinajstić information content (AvgIpc) is 2.46. The van der Waals surface area contributed by atoms with Gasteiger partial charge >= 0.3 is 12.0 Å². The van der Waals surface area contributed by atoms with Crippen LogP contribution in [0, 0.1) is 0 Å². The van der Waals surface area contributed by atoms with Crippen molar-refractivity contribution in [1.82, 2.24) is 5.32 Å². The number of urea groups is 1. The maximum Gasteiger partial charge on any atom is 0.326 e. The number of carboxylic acid groups (broad SMARTS) is 1. The van der Waals surface area contributed by atoms with E-state index in [-0.39, 0.29) is 18.6 Å². The number of ketones is 1. The van der Waals surface area contributed by atoms with Gasteiger partial charge < -0.3 is 20.5 Å². The summed E-state index contributed by atoms with van der Waals surface area (Å²) in [6, 6.07) is 4.68. The number of benzene rings is 1. The maximum absolute atomic E-state index is 11.8. The van der Waals surface area contributed by atoms with Crippen LogP contribution in [0.25, 0.3) is 0 Å². The number of nitrogens with one attached hydrogen (secondary N) is 2. The molecule has 1 rings (SSSR count). The van der Waals surface area contributed by atoms with Gasteiger partial charge in [0.05, 0.1) is 7.11 Å². The highest BCUT2D eigenvalue weighted by molar-refractivity contribution is 5.94. The van der Waals surface area contributed by atoms with Crippen LogP contribution in [0.2, 0.25) is 0 Å². The highest BCUT2D eigenvalue weighted by Crippen LogP contribution is 2.16. The third-order valence-electron chi connectivity index (χ3n) is 2.76. The zero-order valence-corrected chi connectivity index (χ0v) is 11.9. The Bertz CT molecular complexity index is 530. The van der Waals surface area contributed by atoms with Gasteiger partial charge in [-0.1, -0.05) is 13.0 Å². The lowest BCUT2D eigenvalue weighted by Gasteiger charge is -2.14. The second-order valence-electron chi connectivity index (χ2n) is 4.32. The molecule has 7 heteroatoms. The summed E-state index contributed by atoms with van der Waals surface area (Å²) in [5.41, 5.74) is 0.456. The number of carbonyl (C=O) groups excluding carboxylic acids is 2. The number of hydrogen-bond acceptors (Lipinski definition) is 4. The molecule has 0 aromatic heterocycles. The highest BCUT2D eigenvalue weighted by Gasteiger charge is 2.22. The van der Waals surface area contributed by atoms with E-state index in [1.54, 1.807) is 31.2 Å². The van der Waals surface area contributed by atoms with Gasteiger partial charge in [-0.25, -0.2) is 9.59 Å². The van der Waals surface area contributed by atoms with Crippen LogP contribution in [0.15, 0.2) is 24.3 Å². The number of carbonyl (C=O) groups is 3. The minimum atomic E-state index is -1.25. The first kappa shape index (κ1) is 16.5. The van der Waals surface area contributed by atoms with Gasteiger partial charge in [-0.15, -0.1) is 0 Å². The van der Waals surface area contributed by atoms with Gasteiger partial charge in [-0.3, -0.25) is 4.79 Å². The first-order valence-electron chi connectivity index (χ1n) is 6.42. The largest absolute Gasteiger partial charge is 0.497 e. The van der Waals surface area contributed by atoms with E-state index in [9.17, 15) is 14.4 Å². The van der Waals surface area contributed by atoms with Crippen LogP contribution in [0.4, 0.5) is 10.5 Å². The molecule has 1 aromatic rings. The van der Waals surface area contributed by atoms with E-state index in [0.29, 0.717) is 11.4 Å². The zero-order chi connectivity index (χ0) is 15.8. The average molecular weight is 294 g/mol. The molecule has 0 saturated heterocycles. The summed E-state index contributed by atoms with van der Waals surface area (Å²) in [6.07, 6.45) is -0.0136. The van der Waals surface area contributed by atoms with E-state index < -0.39 is 18.0 Å². The predicted molar refractivity (Wildman–Crippen MR) is 76.5 cm³/mol. The van der Waals surface area contributed by atoms with Crippen molar-refractivity contribution in [2.24, 2.45) is 0 Å². The smallest absolute Gasteiger partial charge is 0.326 e. The number of Topliss-reactive ketones (excluding diaryl/α,β-unsaturated/α-hetero) is 1. The van der Waals surface area contributed by atoms with E-state index in [4.69, 9.17) is 9.84 Å². The van der Waals surface area contributed by atoms with Gasteiger partial charge in [0, 0.05) is 24.6 Å². The fourth-order valence-electron chi connectivity index (χ4n) is 1.60. The lowest BCUT2D eigenvalue weighted by Crippen LogP contribution is -2.44. The normalized spacial score (nSPS) is 11.3. The van der Waals surface area contributed by atoms with E-state index in [1.165, 1.54) is 7.11 Å². The Morgan fingerprint density at radius 2 is 2.05 bits per heavy atom. The number of amides is 2. The van der Waals surface area contributed by atoms with Crippen LogP contribution in [-0.4, -0.2) is 36.0 Å². The fourth-order valence-corrected chi connectivity index (χ4v) is 1.60. The second-order valence-corrected chi connectivity index (χ2v) is 4.32. The zero-order valence-electron chi connectivity index (χ0n) is 11.9. The van der Waals surface area contributed by atoms with Crippen molar-refractivity contribution in [3.8, 4) is 5.75 Å². The molecule has 0 bridgehead atoms. The number of ether oxygens (including phenoxy) is 1. The molecule has 2 amide bonds. The van der Waals surface area contributed by atoms with Gasteiger partial charge in [-0.05, 0) is 12.1 Å². The molecule has 0 aliphatic rings. The lowest BCUT2D eigenvalue weighted by molar-refractivity contribution is -0.140. The molecule has 0 aliphatic carbocycles. The van der Waals surface area contributed by atoms with Gasteiger partial charge in [0.1, 0.15) is 17.6 Å². The summed E-state index contributed by atoms with van der Waals surface area (Å²) in [5, 5.41) is 13.7. The molecule has 0 spiro atoms. The van der Waals surface area contributed by atoms with Crippen LogP contribution in [0.1, 0.15) is 19.8 Å². The van der Waals surface area contributed by atoms with Crippen LogP contribution in [0.5, 0.6) is 5.75 Å². The molecule has 114 valence electrons. The summed E-state index contributed by atoms with van der Waals surface area (Å²) in [4.78, 5) is 34.1. The summed E-state index contributed by atoms with van der Waals surface area (Å²) >= 11 is 0. The Morgan fingerprint density at radius 1 is 1.33 bits per heavy atom. The summed E-state index contributed by atoms with van der Waals surface area (Å²) in [7, 11) is 1.50. The van der Waals surface area contributed by atoms with E-state index in [1.807, 2.05) is 0 Å². The van der Waals surface area contributed by atoms with Crippen molar-refractivity contribution in [2.45, 2.75) is 25.8 Å². The first-order valence-corrected chi connectivity index (χ1v) is 6.42. The van der Waals surface area contributed by atoms with Crippen molar-refractivity contribution in [2.75, 3.05) is 12.4 Å². The molecule has 1 aromatic carbocycles. The Balaban J connectivity index is 2.65. The molecular weight excluding hydrogens is 276 g/mol. The Labute approximate surface area is 122 Å². The first-order chi connectivity index (χ1) is 9.96. The maximum atomic E-state index is 11.8. The van der Waals surface area contributed by atoms with Crippen molar-refractivity contribution < 1.29 is 24.2 Å². The van der Waals surface area contributed by atoms with Crippen LogP contribution >= 0.6 is 0 Å². The topological polar surface area (TPSA) is 105 Å². The Hall–Kier alpha value is -2.57. The molecule has 21 heavy (non-hydrogen) atoms. The minimum Gasteiger partial charge on any atom is -0.497 e. The van der Waals surface area contributed by atoms with E-state index in [2.05, 4.69) is 10.6 Å². The molecule has 0 saturated carbocycles. The lowest BCUT2D eigenvalue weighted by atomic mass is 10.1. The molecule has 0 radical (unpaired) electrons. The summed E-state index contributed by atoms with van der Waals surface area (Å²) in [6.45, 7) is 1.64. The van der Waals surface area contributed by atoms with Crippen molar-refractivity contribution in [1.29, 1.82) is 0 Å². The molecular formula is C14H18N2O5. The van der Waals surface area contributed by atoms with Crippen LogP contribution in [-0.2, 0) is 9.59 Å². The molecule has 1 unspecified atom stereocenters. The number of anilines is 1. The molecule has 0 heterocycles. The third-order valence-corrected chi connectivity index (χ3v) is 2.76. The van der Waals surface area contributed by atoms with Crippen molar-refractivity contribution in [3.63, 3.8) is 0 Å². The standard InChI is InChI=1S/C14H18N2O5/c1-3-10(17)8-12(13(18)19)16-14(20)15-9-5-4-6-11(7-9)21-2/h4-7,12H,3,8H2,1-2H3,(H,18,19)(H2,15,16,20). The quantitative estimate of drug-likeness (QED) is 0.709. The fraction of sp³-hybridized carbons (Fsp3) is 0.357. The minimum absolute atomic E-state index is 0.225. The predicted octanol–water partition coefficient (Wildman–Crippen LogP) is 1.64. The summed E-state index contributed by atoms with van der Waals surface area (Å²) < 4.78 is 5.01. The highest BCUT2D eigenvalue weighted by atomic mass is 16.5. The third kappa shape index (κ3) is 5.52. The van der Waals surface area contributed by atoms with Crippen LogP contribution < -0.4 is 15.4 Å². The number of rotatable bonds is 7. The number of aliphatic carboxylic acids is 1. The number of hydrogen-bond donors (Lipinski definition) is 3. The van der Waals surface area contributed by atoms with E-state index >= 15 is 0 Å². The van der Waals surface area contributed by atoms with Gasteiger partial charge in [-0.2, -0.15) is 0 Å². The van der Waals surface area contributed by atoms with Crippen molar-refractivity contribution >= 4 is 23.5 Å².